The van der Waals surface area contributed by atoms with Crippen LogP contribution in [0.25, 0.3) is 0 Å². The number of carbonyl (C=O) groups is 1. The summed E-state index contributed by atoms with van der Waals surface area (Å²) in [6.07, 6.45) is 1.54. The Morgan fingerprint density at radius 2 is 1.75 bits per heavy atom. The summed E-state index contributed by atoms with van der Waals surface area (Å²) in [6, 6.07) is 14.8. The van der Waals surface area contributed by atoms with Gasteiger partial charge in [-0.1, -0.05) is 29.8 Å². The summed E-state index contributed by atoms with van der Waals surface area (Å²) in [7, 11) is 0. The van der Waals surface area contributed by atoms with Crippen molar-refractivity contribution >= 4 is 11.6 Å². The van der Waals surface area contributed by atoms with Crippen LogP contribution >= 0.6 is 0 Å². The molecule has 0 atom stereocenters. The van der Waals surface area contributed by atoms with Crippen molar-refractivity contribution in [2.24, 2.45) is 0 Å². The number of benzene rings is 2. The van der Waals surface area contributed by atoms with Crippen LogP contribution < -0.4 is 15.5 Å². The molecule has 0 saturated carbocycles. The molecule has 0 unspecified atom stereocenters. The van der Waals surface area contributed by atoms with E-state index in [0.717, 1.165) is 11.1 Å². The number of aromatic nitrogens is 1. The highest BCUT2D eigenvalue weighted by molar-refractivity contribution is 5.90. The Bertz CT molecular complexity index is 1030. The van der Waals surface area contributed by atoms with Gasteiger partial charge in [-0.05, 0) is 43.7 Å². The lowest BCUT2D eigenvalue weighted by atomic mass is 10.2. The molecule has 0 radical (unpaired) electrons. The third kappa shape index (κ3) is 5.07. The van der Waals surface area contributed by atoms with E-state index in [1.807, 2.05) is 31.2 Å². The number of pyridine rings is 1. The summed E-state index contributed by atoms with van der Waals surface area (Å²) >= 11 is 0. The number of amides is 1. The summed E-state index contributed by atoms with van der Waals surface area (Å²) in [4.78, 5) is 24.5. The second-order valence-corrected chi connectivity index (χ2v) is 6.60. The number of nitrogens with zero attached hydrogens (tertiary/aromatic N) is 1. The van der Waals surface area contributed by atoms with Gasteiger partial charge >= 0.3 is 0 Å². The number of hydrogen-bond donors (Lipinski definition) is 1. The van der Waals surface area contributed by atoms with E-state index < -0.39 is 0 Å². The molecule has 0 bridgehead atoms. The number of ether oxygens (including phenoxy) is 1. The van der Waals surface area contributed by atoms with Gasteiger partial charge in [0.1, 0.15) is 19.0 Å². The number of halogens is 1. The molecule has 3 rings (SSSR count). The van der Waals surface area contributed by atoms with E-state index in [9.17, 15) is 14.0 Å². The van der Waals surface area contributed by atoms with Gasteiger partial charge in [0.05, 0.1) is 6.20 Å². The highest BCUT2D eigenvalue weighted by atomic mass is 19.1. The van der Waals surface area contributed by atoms with Gasteiger partial charge < -0.3 is 14.6 Å². The summed E-state index contributed by atoms with van der Waals surface area (Å²) in [5.74, 6) is -0.479. The lowest BCUT2D eigenvalue weighted by Gasteiger charge is -2.13. The second kappa shape index (κ2) is 8.52. The summed E-state index contributed by atoms with van der Waals surface area (Å²) in [6.45, 7) is 4.02. The third-order valence-electron chi connectivity index (χ3n) is 4.27. The molecule has 1 heterocycles. The van der Waals surface area contributed by atoms with Crippen LogP contribution in [0.5, 0.6) is 5.75 Å². The Labute approximate surface area is 162 Å². The maximum absolute atomic E-state index is 13.0. The molecule has 0 aliphatic heterocycles. The Hall–Kier alpha value is -3.41. The van der Waals surface area contributed by atoms with Gasteiger partial charge in [0.25, 0.3) is 0 Å². The standard InChI is InChI=1S/C22H21FN2O3/c1-15-3-5-17(6-4-15)14-28-21-12-25(16(2)11-20(21)26)13-22(27)24-19-9-7-18(23)8-10-19/h3-12H,13-14H2,1-2H3,(H,24,27). The minimum absolute atomic E-state index is 0.00435. The smallest absolute Gasteiger partial charge is 0.244 e. The largest absolute Gasteiger partial charge is 0.483 e. The molecule has 28 heavy (non-hydrogen) atoms. The van der Waals surface area contributed by atoms with Gasteiger partial charge in [-0.3, -0.25) is 9.59 Å². The fraction of sp³-hybridized carbons (Fsp3) is 0.182. The van der Waals surface area contributed by atoms with Crippen molar-refractivity contribution < 1.29 is 13.9 Å². The van der Waals surface area contributed by atoms with Crippen LogP contribution in [0.1, 0.15) is 16.8 Å². The molecule has 6 heteroatoms. The van der Waals surface area contributed by atoms with E-state index in [1.165, 1.54) is 36.5 Å². The quantitative estimate of drug-likeness (QED) is 0.707. The van der Waals surface area contributed by atoms with Gasteiger partial charge in [0, 0.05) is 17.4 Å². The predicted octanol–water partition coefficient (Wildman–Crippen LogP) is 3.82. The molecule has 0 aliphatic rings. The Balaban J connectivity index is 1.69. The Morgan fingerprint density at radius 3 is 2.43 bits per heavy atom. The molecule has 2 aromatic carbocycles. The average molecular weight is 380 g/mol. The van der Waals surface area contributed by atoms with E-state index in [2.05, 4.69) is 5.32 Å². The van der Waals surface area contributed by atoms with Crippen molar-refractivity contribution in [3.05, 3.63) is 93.7 Å². The molecule has 0 saturated heterocycles. The molecule has 0 spiro atoms. The minimum Gasteiger partial charge on any atom is -0.483 e. The first kappa shape index (κ1) is 19.4. The van der Waals surface area contributed by atoms with E-state index in [-0.39, 0.29) is 36.1 Å². The molecule has 3 aromatic rings. The molecule has 5 nitrogen and oxygen atoms in total. The lowest BCUT2D eigenvalue weighted by Crippen LogP contribution is -2.22. The van der Waals surface area contributed by atoms with Crippen molar-refractivity contribution in [3.63, 3.8) is 0 Å². The molecule has 0 aliphatic carbocycles. The molecule has 0 fully saturated rings. The minimum atomic E-state index is -0.371. The molecule has 1 aromatic heterocycles. The van der Waals surface area contributed by atoms with Gasteiger partial charge in [0.2, 0.25) is 11.3 Å². The molecule has 144 valence electrons. The summed E-state index contributed by atoms with van der Waals surface area (Å²) in [5, 5.41) is 2.70. The van der Waals surface area contributed by atoms with Crippen LogP contribution in [0.4, 0.5) is 10.1 Å². The fourth-order valence-electron chi connectivity index (χ4n) is 2.66. The number of hydrogen-bond acceptors (Lipinski definition) is 3. The van der Waals surface area contributed by atoms with Crippen LogP contribution in [0.2, 0.25) is 0 Å². The lowest BCUT2D eigenvalue weighted by molar-refractivity contribution is -0.116. The zero-order valence-corrected chi connectivity index (χ0v) is 15.7. The van der Waals surface area contributed by atoms with Crippen LogP contribution in [0.3, 0.4) is 0 Å². The van der Waals surface area contributed by atoms with E-state index in [4.69, 9.17) is 4.74 Å². The van der Waals surface area contributed by atoms with E-state index in [0.29, 0.717) is 11.4 Å². The van der Waals surface area contributed by atoms with Gasteiger partial charge in [-0.15, -0.1) is 0 Å². The van der Waals surface area contributed by atoms with E-state index >= 15 is 0 Å². The zero-order valence-electron chi connectivity index (χ0n) is 15.7. The highest BCUT2D eigenvalue weighted by Gasteiger charge is 2.10. The van der Waals surface area contributed by atoms with Crippen molar-refractivity contribution in [2.45, 2.75) is 27.0 Å². The molecular formula is C22H21FN2O3. The van der Waals surface area contributed by atoms with Crippen molar-refractivity contribution in [1.29, 1.82) is 0 Å². The van der Waals surface area contributed by atoms with Crippen LogP contribution in [0, 0.1) is 19.7 Å². The Morgan fingerprint density at radius 1 is 1.07 bits per heavy atom. The third-order valence-corrected chi connectivity index (χ3v) is 4.27. The molecule has 1 amide bonds. The first-order valence-electron chi connectivity index (χ1n) is 8.85. The monoisotopic (exact) mass is 380 g/mol. The highest BCUT2D eigenvalue weighted by Crippen LogP contribution is 2.12. The average Bonchev–Trinajstić information content (AvgIpc) is 2.66. The summed E-state index contributed by atoms with van der Waals surface area (Å²) in [5.41, 5.74) is 3.00. The fourth-order valence-corrected chi connectivity index (χ4v) is 2.66. The topological polar surface area (TPSA) is 60.3 Å². The zero-order chi connectivity index (χ0) is 20.1. The number of nitrogens with one attached hydrogen (secondary N) is 1. The SMILES string of the molecule is Cc1ccc(COc2cn(CC(=O)Nc3ccc(F)cc3)c(C)cc2=O)cc1. The normalized spacial score (nSPS) is 10.5. The summed E-state index contributed by atoms with van der Waals surface area (Å²) < 4.78 is 20.3. The number of aryl methyl sites for hydroxylation is 2. The van der Waals surface area contributed by atoms with Crippen LogP contribution in [0.15, 0.2) is 65.6 Å². The second-order valence-electron chi connectivity index (χ2n) is 6.60. The first-order valence-corrected chi connectivity index (χ1v) is 8.85. The van der Waals surface area contributed by atoms with Crippen LogP contribution in [-0.2, 0) is 17.9 Å². The number of anilines is 1. The predicted molar refractivity (Wildman–Crippen MR) is 106 cm³/mol. The maximum atomic E-state index is 13.0. The maximum Gasteiger partial charge on any atom is 0.244 e. The van der Waals surface area contributed by atoms with E-state index in [1.54, 1.807) is 11.5 Å². The van der Waals surface area contributed by atoms with Crippen molar-refractivity contribution in [3.8, 4) is 5.75 Å². The van der Waals surface area contributed by atoms with Crippen LogP contribution in [-0.4, -0.2) is 10.5 Å². The first-order chi connectivity index (χ1) is 13.4. The molecular weight excluding hydrogens is 359 g/mol. The van der Waals surface area contributed by atoms with Crippen molar-refractivity contribution in [1.82, 2.24) is 4.57 Å². The number of carbonyl (C=O) groups excluding carboxylic acids is 1. The van der Waals surface area contributed by atoms with Gasteiger partial charge in [-0.2, -0.15) is 0 Å². The number of rotatable bonds is 6. The van der Waals surface area contributed by atoms with Crippen molar-refractivity contribution in [2.75, 3.05) is 5.32 Å². The Kier molecular flexibility index (Phi) is 5.89. The van der Waals surface area contributed by atoms with Gasteiger partial charge in [0.15, 0.2) is 5.75 Å². The molecule has 1 N–H and O–H groups in total. The van der Waals surface area contributed by atoms with Gasteiger partial charge in [-0.25, -0.2) is 4.39 Å².